The molecule has 2 aromatic rings. The molecule has 0 aliphatic carbocycles. The van der Waals surface area contributed by atoms with Crippen LogP contribution in [0.15, 0.2) is 79.9 Å². The monoisotopic (exact) mass is 705 g/mol. The van der Waals surface area contributed by atoms with Gasteiger partial charge in [-0.25, -0.2) is 0 Å². The van der Waals surface area contributed by atoms with E-state index in [9.17, 15) is 24.3 Å². The zero-order valence-corrected chi connectivity index (χ0v) is 29.8. The molecule has 8 atom stereocenters. The first-order chi connectivity index (χ1) is 24.0. The fourth-order valence-electron chi connectivity index (χ4n) is 8.05. The van der Waals surface area contributed by atoms with E-state index in [-0.39, 0.29) is 31.4 Å². The second-order valence-electron chi connectivity index (χ2n) is 13.9. The van der Waals surface area contributed by atoms with Crippen molar-refractivity contribution in [2.45, 2.75) is 88.8 Å². The Balaban J connectivity index is 1.53. The number of benzene rings is 2. The van der Waals surface area contributed by atoms with E-state index in [4.69, 9.17) is 21.1 Å². The third-order valence-electron chi connectivity index (χ3n) is 10.1. The molecule has 3 saturated heterocycles. The van der Waals surface area contributed by atoms with Crippen molar-refractivity contribution in [1.82, 2.24) is 10.2 Å². The van der Waals surface area contributed by atoms with E-state index in [2.05, 4.69) is 18.5 Å². The molecular weight excluding hydrogens is 658 g/mol. The molecule has 268 valence electrons. The second-order valence-corrected chi connectivity index (χ2v) is 14.3. The van der Waals surface area contributed by atoms with Crippen molar-refractivity contribution in [2.24, 2.45) is 17.8 Å². The minimum Gasteiger partial charge on any atom is -0.455 e. The van der Waals surface area contributed by atoms with Gasteiger partial charge in [-0.1, -0.05) is 80.1 Å². The van der Waals surface area contributed by atoms with Gasteiger partial charge in [0.05, 0.1) is 47.3 Å². The molecule has 2 aromatic carbocycles. The number of aliphatic hydroxyl groups excluding tert-OH is 1. The number of hydrogen-bond acceptors (Lipinski definition) is 7. The largest absolute Gasteiger partial charge is 0.455 e. The molecule has 5 rings (SSSR count). The number of carbonyl (C=O) groups excluding carboxylic acids is 4. The summed E-state index contributed by atoms with van der Waals surface area (Å²) in [7, 11) is 0. The number of halogens is 1. The van der Waals surface area contributed by atoms with Gasteiger partial charge in [0.15, 0.2) is 0 Å². The average Bonchev–Trinajstić information content (AvgIpc) is 3.75. The number of amides is 3. The van der Waals surface area contributed by atoms with Crippen molar-refractivity contribution in [3.8, 4) is 0 Å². The third-order valence-corrected chi connectivity index (χ3v) is 10.4. The highest BCUT2D eigenvalue weighted by Gasteiger charge is 2.75. The molecule has 3 aliphatic rings. The predicted molar refractivity (Wildman–Crippen MR) is 191 cm³/mol. The maximum Gasteiger partial charge on any atom is 0.313 e. The summed E-state index contributed by atoms with van der Waals surface area (Å²) in [6.45, 7) is 13.0. The van der Waals surface area contributed by atoms with Crippen LogP contribution in [0.25, 0.3) is 0 Å². The fourth-order valence-corrected chi connectivity index (χ4v) is 8.28. The van der Waals surface area contributed by atoms with Crippen molar-refractivity contribution in [3.63, 3.8) is 0 Å². The Labute approximate surface area is 299 Å². The Bertz CT molecular complexity index is 1580. The Hall–Kier alpha value is -3.99. The molecule has 3 heterocycles. The highest BCUT2D eigenvalue weighted by atomic mass is 35.5. The minimum atomic E-state index is -1.33. The molecule has 10 nitrogen and oxygen atoms in total. The molecular formula is C39H48ClN3O7. The van der Waals surface area contributed by atoms with Crippen LogP contribution in [-0.2, 0) is 28.7 Å². The Kier molecular flexibility index (Phi) is 11.9. The number of hydrogen-bond donors (Lipinski definition) is 2. The summed E-state index contributed by atoms with van der Waals surface area (Å²) >= 11 is 6.59. The van der Waals surface area contributed by atoms with Crippen LogP contribution in [0.3, 0.4) is 0 Å². The van der Waals surface area contributed by atoms with Gasteiger partial charge in [0.25, 0.3) is 5.91 Å². The van der Waals surface area contributed by atoms with Gasteiger partial charge in [-0.3, -0.25) is 19.2 Å². The van der Waals surface area contributed by atoms with Gasteiger partial charge in [-0.05, 0) is 56.2 Å². The minimum absolute atomic E-state index is 0.0919. The molecule has 3 aliphatic heterocycles. The summed E-state index contributed by atoms with van der Waals surface area (Å²) in [5.41, 5.74) is -0.199. The number of nitrogens with zero attached hydrogens (tertiary/aromatic N) is 2. The van der Waals surface area contributed by atoms with Crippen LogP contribution in [0, 0.1) is 17.8 Å². The van der Waals surface area contributed by atoms with E-state index in [1.807, 2.05) is 44.2 Å². The number of para-hydroxylation sites is 1. The number of likely N-dealkylation sites (tertiary alicyclic amines) is 1. The summed E-state index contributed by atoms with van der Waals surface area (Å²) in [4.78, 5) is 59.7. The number of aliphatic hydroxyl groups is 1. The second kappa shape index (κ2) is 15.9. The molecule has 1 spiro atoms. The van der Waals surface area contributed by atoms with Gasteiger partial charge >= 0.3 is 5.97 Å². The van der Waals surface area contributed by atoms with E-state index in [0.717, 1.165) is 0 Å². The Morgan fingerprint density at radius 3 is 2.46 bits per heavy atom. The molecule has 0 unspecified atom stereocenters. The Morgan fingerprint density at radius 1 is 1.12 bits per heavy atom. The molecule has 3 amide bonds. The van der Waals surface area contributed by atoms with Gasteiger partial charge in [-0.15, -0.1) is 13.2 Å². The zero-order chi connectivity index (χ0) is 36.2. The van der Waals surface area contributed by atoms with Crippen molar-refractivity contribution >= 4 is 41.0 Å². The van der Waals surface area contributed by atoms with E-state index in [0.29, 0.717) is 42.0 Å². The number of rotatable bonds is 16. The number of allylic oxidation sites excluding steroid dienone is 1. The lowest BCUT2D eigenvalue weighted by atomic mass is 9.70. The maximum absolute atomic E-state index is 14.9. The standard InChI is InChI=1S/C39H48ClN3O7/c1-6-8-18-31(45)41-25(5)34(26-14-10-9-11-15-26)49-38(48)32-30-19-20-39(50-30)33(32)36(46)43(27(23-44)22-24(3)4)35(39)37(47)42(21-7-2)29-17-13-12-16-28(29)40/h6-7,9-17,24-25,27,30,32-35,44H,1-2,8,18-23H2,3-5H3,(H,41,45)/t25-,27-,30-,32+,33+,34-,35-,39+/m1/s1. The molecule has 11 heteroatoms. The van der Waals surface area contributed by atoms with E-state index >= 15 is 0 Å². The zero-order valence-electron chi connectivity index (χ0n) is 29.0. The quantitative estimate of drug-likeness (QED) is 0.177. The summed E-state index contributed by atoms with van der Waals surface area (Å²) in [6.07, 6.45) is 3.72. The molecule has 0 saturated carbocycles. The van der Waals surface area contributed by atoms with Crippen molar-refractivity contribution < 1.29 is 33.8 Å². The number of carbonyl (C=O) groups is 4. The molecule has 2 N–H and O–H groups in total. The maximum atomic E-state index is 14.9. The topological polar surface area (TPSA) is 125 Å². The van der Waals surface area contributed by atoms with E-state index in [1.165, 1.54) is 9.80 Å². The van der Waals surface area contributed by atoms with Crippen molar-refractivity contribution in [3.05, 3.63) is 90.5 Å². The van der Waals surface area contributed by atoms with Gasteiger partial charge < -0.3 is 29.7 Å². The molecule has 0 aromatic heterocycles. The number of ether oxygens (including phenoxy) is 2. The van der Waals surface area contributed by atoms with Gasteiger partial charge in [-0.2, -0.15) is 0 Å². The lowest BCUT2D eigenvalue weighted by Gasteiger charge is -2.39. The van der Waals surface area contributed by atoms with Crippen LogP contribution in [0.4, 0.5) is 5.69 Å². The normalized spacial score (nSPS) is 25.5. The first kappa shape index (κ1) is 37.3. The summed E-state index contributed by atoms with van der Waals surface area (Å²) in [5.74, 6) is -3.62. The van der Waals surface area contributed by atoms with Crippen LogP contribution in [-0.4, -0.2) is 76.7 Å². The molecule has 3 fully saturated rings. The van der Waals surface area contributed by atoms with Crippen LogP contribution in [0.2, 0.25) is 5.02 Å². The number of fused-ring (bicyclic) bond motifs is 1. The summed E-state index contributed by atoms with van der Waals surface area (Å²) < 4.78 is 12.9. The molecule has 2 bridgehead atoms. The van der Waals surface area contributed by atoms with Crippen LogP contribution >= 0.6 is 11.6 Å². The predicted octanol–water partition coefficient (Wildman–Crippen LogP) is 5.40. The van der Waals surface area contributed by atoms with Crippen LogP contribution < -0.4 is 10.2 Å². The summed E-state index contributed by atoms with van der Waals surface area (Å²) in [6, 6.07) is 13.7. The SMILES string of the molecule is C=CCCC(=O)N[C@H](C)[C@@H](OC(=O)[C@@H]1[C@H]2C(=O)N([C@@H](CO)CC(C)C)[C@H](C(=O)N(CC=C)c3ccccc3Cl)[C@]23CC[C@H]1O3)c1ccccc1. The van der Waals surface area contributed by atoms with E-state index < -0.39 is 65.6 Å². The van der Waals surface area contributed by atoms with Crippen molar-refractivity contribution in [2.75, 3.05) is 18.1 Å². The van der Waals surface area contributed by atoms with Gasteiger partial charge in [0.1, 0.15) is 17.7 Å². The summed E-state index contributed by atoms with van der Waals surface area (Å²) in [5, 5.41) is 14.0. The van der Waals surface area contributed by atoms with Gasteiger partial charge in [0, 0.05) is 13.0 Å². The Morgan fingerprint density at radius 2 is 1.82 bits per heavy atom. The average molecular weight is 706 g/mol. The fraction of sp³-hybridized carbons (Fsp3) is 0.487. The van der Waals surface area contributed by atoms with Crippen molar-refractivity contribution in [1.29, 1.82) is 0 Å². The van der Waals surface area contributed by atoms with E-state index in [1.54, 1.807) is 43.3 Å². The smallest absolute Gasteiger partial charge is 0.313 e. The lowest BCUT2D eigenvalue weighted by Crippen LogP contribution is -2.59. The first-order valence-corrected chi connectivity index (χ1v) is 17.8. The molecule has 0 radical (unpaired) electrons. The third kappa shape index (κ3) is 7.11. The van der Waals surface area contributed by atoms with Gasteiger partial charge in [0.2, 0.25) is 11.8 Å². The number of esters is 1. The highest BCUT2D eigenvalue weighted by Crippen LogP contribution is 2.59. The first-order valence-electron chi connectivity index (χ1n) is 17.4. The number of nitrogens with one attached hydrogen (secondary N) is 1. The number of anilines is 1. The van der Waals surface area contributed by atoms with Crippen LogP contribution in [0.1, 0.15) is 64.5 Å². The van der Waals surface area contributed by atoms with Crippen LogP contribution in [0.5, 0.6) is 0 Å². The highest BCUT2D eigenvalue weighted by molar-refractivity contribution is 6.34. The molecule has 50 heavy (non-hydrogen) atoms. The lowest BCUT2D eigenvalue weighted by molar-refractivity contribution is -0.162.